The van der Waals surface area contributed by atoms with Gasteiger partial charge in [-0.2, -0.15) is 5.10 Å². The van der Waals surface area contributed by atoms with Gasteiger partial charge in [-0.3, -0.25) is 14.5 Å². The van der Waals surface area contributed by atoms with E-state index in [1.807, 2.05) is 43.3 Å². The minimum absolute atomic E-state index is 0.0921. The van der Waals surface area contributed by atoms with Crippen molar-refractivity contribution in [1.82, 2.24) is 24.7 Å². The minimum atomic E-state index is -0.0921. The van der Waals surface area contributed by atoms with Crippen LogP contribution in [0.3, 0.4) is 0 Å². The van der Waals surface area contributed by atoms with Crippen LogP contribution in [0.15, 0.2) is 47.8 Å². The van der Waals surface area contributed by atoms with Gasteiger partial charge in [-0.15, -0.1) is 11.3 Å². The predicted octanol–water partition coefficient (Wildman–Crippen LogP) is 2.94. The number of nitrogens with one attached hydrogen (secondary N) is 1. The highest BCUT2D eigenvalue weighted by Crippen LogP contribution is 2.35. The maximum Gasteiger partial charge on any atom is 0.275 e. The first-order chi connectivity index (χ1) is 12.6. The number of anilines is 1. The maximum absolute atomic E-state index is 13.1. The summed E-state index contributed by atoms with van der Waals surface area (Å²) in [6.07, 6.45) is 5.09. The summed E-state index contributed by atoms with van der Waals surface area (Å²) in [5.74, 6) is 0. The van der Waals surface area contributed by atoms with Crippen LogP contribution < -0.4 is 10.5 Å². The first-order valence-electron chi connectivity index (χ1n) is 8.03. The second-order valence-corrected chi connectivity index (χ2v) is 7.24. The zero-order chi connectivity index (χ0) is 17.8. The molecule has 26 heavy (non-hydrogen) atoms. The summed E-state index contributed by atoms with van der Waals surface area (Å²) >= 11 is 1.38. The highest BCUT2D eigenvalue weighted by molar-refractivity contribution is 7.25. The first kappa shape index (κ1) is 15.0. The Morgan fingerprint density at radius 2 is 2.08 bits per heavy atom. The average molecular weight is 362 g/mol. The number of nitrogens with zero attached hydrogens (tertiary/aromatic N) is 5. The van der Waals surface area contributed by atoms with Crippen molar-refractivity contribution in [2.75, 3.05) is 19.0 Å². The Hall–Kier alpha value is -3.26. The quantitative estimate of drug-likeness (QED) is 0.522. The van der Waals surface area contributed by atoms with E-state index in [2.05, 4.69) is 20.2 Å². The van der Waals surface area contributed by atoms with Crippen molar-refractivity contribution in [3.63, 3.8) is 0 Å². The molecule has 0 fully saturated rings. The SMILES string of the molecule is CN(C)c1ccnc2sc3c(=O)n(-c4ccc5[nH]ncc5c4)cnc3c12. The molecule has 1 N–H and O–H groups in total. The van der Waals surface area contributed by atoms with Gasteiger partial charge in [0.1, 0.15) is 15.9 Å². The molecule has 1 aromatic carbocycles. The second kappa shape index (κ2) is 5.37. The van der Waals surface area contributed by atoms with Crippen LogP contribution in [-0.4, -0.2) is 38.8 Å². The van der Waals surface area contributed by atoms with E-state index in [0.29, 0.717) is 10.2 Å². The van der Waals surface area contributed by atoms with Crippen LogP contribution in [0.5, 0.6) is 0 Å². The van der Waals surface area contributed by atoms with Gasteiger partial charge in [0, 0.05) is 25.7 Å². The summed E-state index contributed by atoms with van der Waals surface area (Å²) in [5, 5.41) is 8.81. The van der Waals surface area contributed by atoms with Crippen LogP contribution in [0, 0.1) is 0 Å². The third-order valence-corrected chi connectivity index (χ3v) is 5.52. The van der Waals surface area contributed by atoms with E-state index >= 15 is 0 Å². The van der Waals surface area contributed by atoms with Crippen molar-refractivity contribution in [3.8, 4) is 5.69 Å². The third kappa shape index (κ3) is 2.05. The number of hydrogen-bond acceptors (Lipinski definition) is 6. The fraction of sp³-hybridized carbons (Fsp3) is 0.111. The average Bonchev–Trinajstić information content (AvgIpc) is 3.25. The molecule has 0 aliphatic carbocycles. The van der Waals surface area contributed by atoms with Crippen molar-refractivity contribution in [3.05, 3.63) is 53.3 Å². The van der Waals surface area contributed by atoms with Crippen LogP contribution in [-0.2, 0) is 0 Å². The summed E-state index contributed by atoms with van der Waals surface area (Å²) in [7, 11) is 3.94. The number of aromatic nitrogens is 5. The molecule has 0 unspecified atom stereocenters. The molecule has 5 rings (SSSR count). The van der Waals surface area contributed by atoms with Crippen molar-refractivity contribution in [2.45, 2.75) is 0 Å². The molecule has 0 saturated heterocycles. The molecule has 4 heterocycles. The smallest absolute Gasteiger partial charge is 0.275 e. The second-order valence-electron chi connectivity index (χ2n) is 6.25. The van der Waals surface area contributed by atoms with Crippen LogP contribution in [0.25, 0.3) is 37.0 Å². The number of pyridine rings is 1. The molecule has 0 saturated carbocycles. The number of aromatic amines is 1. The molecule has 0 aliphatic heterocycles. The third-order valence-electron chi connectivity index (χ3n) is 4.44. The molecule has 128 valence electrons. The zero-order valence-electron chi connectivity index (χ0n) is 14.1. The fourth-order valence-corrected chi connectivity index (χ4v) is 4.22. The Kier molecular flexibility index (Phi) is 3.10. The number of H-pyrrole nitrogens is 1. The van der Waals surface area contributed by atoms with Gasteiger partial charge in [-0.05, 0) is 24.3 Å². The van der Waals surface area contributed by atoms with Gasteiger partial charge >= 0.3 is 0 Å². The molecule has 4 aromatic heterocycles. The summed E-state index contributed by atoms with van der Waals surface area (Å²) in [6.45, 7) is 0. The highest BCUT2D eigenvalue weighted by atomic mass is 32.1. The van der Waals surface area contributed by atoms with Gasteiger partial charge in [0.25, 0.3) is 5.56 Å². The molecule has 8 heteroatoms. The van der Waals surface area contributed by atoms with E-state index in [1.54, 1.807) is 23.3 Å². The van der Waals surface area contributed by atoms with E-state index < -0.39 is 0 Å². The van der Waals surface area contributed by atoms with E-state index in [1.165, 1.54) is 11.3 Å². The topological polar surface area (TPSA) is 79.7 Å². The van der Waals surface area contributed by atoms with Gasteiger partial charge < -0.3 is 4.90 Å². The molecule has 0 aliphatic rings. The Balaban J connectivity index is 1.81. The van der Waals surface area contributed by atoms with E-state index in [4.69, 9.17) is 0 Å². The number of benzene rings is 1. The molecule has 0 spiro atoms. The molecule has 0 atom stereocenters. The minimum Gasteiger partial charge on any atom is -0.377 e. The molecular weight excluding hydrogens is 348 g/mol. The molecule has 0 bridgehead atoms. The van der Waals surface area contributed by atoms with Gasteiger partial charge in [0.15, 0.2) is 0 Å². The number of thiophene rings is 1. The standard InChI is InChI=1S/C18H14N6OS/c1-23(2)13-5-6-19-17-14(13)15-16(26-17)18(25)24(9-20-15)11-3-4-12-10(7-11)8-21-22-12/h3-9H,1-2H3,(H,21,22). The first-order valence-corrected chi connectivity index (χ1v) is 8.85. The Morgan fingerprint density at radius 3 is 2.92 bits per heavy atom. The molecule has 5 aromatic rings. The molecule has 0 radical (unpaired) electrons. The Bertz CT molecular complexity index is 1350. The normalized spacial score (nSPS) is 11.6. The van der Waals surface area contributed by atoms with E-state index in [9.17, 15) is 4.79 Å². The number of fused-ring (bicyclic) bond motifs is 4. The van der Waals surface area contributed by atoms with Crippen LogP contribution in [0.4, 0.5) is 5.69 Å². The molecular formula is C18H14N6OS. The van der Waals surface area contributed by atoms with Crippen molar-refractivity contribution in [2.24, 2.45) is 0 Å². The lowest BCUT2D eigenvalue weighted by Gasteiger charge is -2.13. The van der Waals surface area contributed by atoms with Gasteiger partial charge in [-0.1, -0.05) is 0 Å². The molecule has 0 amide bonds. The summed E-state index contributed by atoms with van der Waals surface area (Å²) < 4.78 is 2.18. The van der Waals surface area contributed by atoms with E-state index in [-0.39, 0.29) is 5.56 Å². The predicted molar refractivity (Wildman–Crippen MR) is 104 cm³/mol. The largest absolute Gasteiger partial charge is 0.377 e. The van der Waals surface area contributed by atoms with Crippen LogP contribution in [0.2, 0.25) is 0 Å². The fourth-order valence-electron chi connectivity index (χ4n) is 3.17. The van der Waals surface area contributed by atoms with Gasteiger partial charge in [-0.25, -0.2) is 9.97 Å². The monoisotopic (exact) mass is 362 g/mol. The number of hydrogen-bond donors (Lipinski definition) is 1. The zero-order valence-corrected chi connectivity index (χ0v) is 14.9. The summed E-state index contributed by atoms with van der Waals surface area (Å²) in [4.78, 5) is 25.0. The van der Waals surface area contributed by atoms with Crippen LogP contribution >= 0.6 is 11.3 Å². The lowest BCUT2D eigenvalue weighted by atomic mass is 10.2. The highest BCUT2D eigenvalue weighted by Gasteiger charge is 2.17. The van der Waals surface area contributed by atoms with Gasteiger partial charge in [0.05, 0.1) is 34.0 Å². The lowest BCUT2D eigenvalue weighted by Crippen LogP contribution is -2.17. The Labute approximate surface area is 151 Å². The summed E-state index contributed by atoms with van der Waals surface area (Å²) in [5.41, 5.74) is 3.30. The molecule has 7 nitrogen and oxygen atoms in total. The van der Waals surface area contributed by atoms with Gasteiger partial charge in [0.2, 0.25) is 0 Å². The van der Waals surface area contributed by atoms with Crippen molar-refractivity contribution < 1.29 is 0 Å². The van der Waals surface area contributed by atoms with Crippen molar-refractivity contribution >= 4 is 48.4 Å². The lowest BCUT2D eigenvalue weighted by molar-refractivity contribution is 0.969. The van der Waals surface area contributed by atoms with E-state index in [0.717, 1.165) is 32.5 Å². The number of rotatable bonds is 2. The Morgan fingerprint density at radius 1 is 1.19 bits per heavy atom. The van der Waals surface area contributed by atoms with Crippen LogP contribution in [0.1, 0.15) is 0 Å². The summed E-state index contributed by atoms with van der Waals surface area (Å²) in [6, 6.07) is 7.65. The van der Waals surface area contributed by atoms with Crippen molar-refractivity contribution in [1.29, 1.82) is 0 Å². The maximum atomic E-state index is 13.1.